The average molecular weight is 1050 g/mol. The van der Waals surface area contributed by atoms with Crippen molar-refractivity contribution in [2.24, 2.45) is 11.5 Å². The summed E-state index contributed by atoms with van der Waals surface area (Å²) in [5.74, 6) is -0.334. The number of carboxylic acid groups (broad SMARTS) is 1. The van der Waals surface area contributed by atoms with E-state index in [1.165, 1.54) is 4.90 Å². The minimum absolute atomic E-state index is 0.0222. The van der Waals surface area contributed by atoms with Gasteiger partial charge < -0.3 is 86.9 Å². The Kier molecular flexibility index (Phi) is 21.6. The van der Waals surface area contributed by atoms with Crippen LogP contribution in [0.25, 0.3) is 0 Å². The number of carbonyl (C=O) groups is 7. The number of guanidine groups is 2. The molecule has 0 spiro atoms. The highest BCUT2D eigenvalue weighted by Gasteiger charge is 2.31. The van der Waals surface area contributed by atoms with Crippen molar-refractivity contribution in [2.45, 2.75) is 76.7 Å². The predicted molar refractivity (Wildman–Crippen MR) is 278 cm³/mol. The van der Waals surface area contributed by atoms with Gasteiger partial charge in [0.1, 0.15) is 12.2 Å². The molecule has 4 aliphatic heterocycles. The first kappa shape index (κ1) is 56.5. The molecular weight excluding hydrogens is 973 g/mol. The number of benzene rings is 2. The van der Waals surface area contributed by atoms with Gasteiger partial charge in [0.2, 0.25) is 11.8 Å². The number of anilines is 2. The molecule has 5 aliphatic rings. The number of nitrogens with two attached hydrogens (primary N) is 2. The van der Waals surface area contributed by atoms with E-state index >= 15 is 0 Å². The van der Waals surface area contributed by atoms with Crippen LogP contribution in [-0.4, -0.2) is 210 Å². The van der Waals surface area contributed by atoms with Crippen molar-refractivity contribution in [1.82, 2.24) is 50.2 Å². The molecule has 0 unspecified atom stereocenters. The lowest BCUT2D eigenvalue weighted by atomic mass is 9.96. The number of piperazine rings is 4. The van der Waals surface area contributed by atoms with E-state index in [4.69, 9.17) is 36.9 Å². The summed E-state index contributed by atoms with van der Waals surface area (Å²) in [6.07, 6.45) is 2.56. The molecule has 4 heterocycles. The number of urea groups is 2. The standard InChI is InChI=1S/C36H52N12O6.C13H22N4O4/c37-31(38)43-27-11-7-25(8-12-27)23-41-33(49)45-15-19-47(20-16-45)35(51)53-29-3-1-4-30(6-2-5-29)54-36(52)48-21-17-46(18-22-48)34(50)42-24-26-9-13-28(14-10-26)44-32(39)40;18-11(15-5-3-14-4-6-15)1-2-12(19)16-7-9-17(10-8-16)13(20)21/h7-14,29-30H,1-6,15-24H2,(H,41,49)(H,42,50)(H4,37,38,43)(H4,39,40,44);14H,1-10H2,(H,20,21)/t29-,30+;. The third kappa shape index (κ3) is 18.6. The van der Waals surface area contributed by atoms with Crippen molar-refractivity contribution in [3.63, 3.8) is 0 Å². The Morgan fingerprint density at radius 2 is 0.840 bits per heavy atom. The Morgan fingerprint density at radius 3 is 1.20 bits per heavy atom. The molecule has 2 aromatic carbocycles. The fourth-order valence-electron chi connectivity index (χ4n) is 9.18. The van der Waals surface area contributed by atoms with Crippen LogP contribution in [0.2, 0.25) is 0 Å². The molecule has 75 heavy (non-hydrogen) atoms. The monoisotopic (exact) mass is 1050 g/mol. The second kappa shape index (κ2) is 28.6. The lowest BCUT2D eigenvalue weighted by Gasteiger charge is -2.36. The largest absolute Gasteiger partial charge is 0.465 e. The maximum Gasteiger partial charge on any atom is 0.410 e. The molecule has 410 valence electrons. The summed E-state index contributed by atoms with van der Waals surface area (Å²) >= 11 is 0. The highest BCUT2D eigenvalue weighted by molar-refractivity contribution is 5.90. The quantitative estimate of drug-likeness (QED) is 0.114. The predicted octanol–water partition coefficient (Wildman–Crippen LogP) is 2.04. The Labute approximate surface area is 436 Å². The van der Waals surface area contributed by atoms with Gasteiger partial charge in [-0.2, -0.15) is 0 Å². The molecule has 2 aromatic rings. The summed E-state index contributed by atoms with van der Waals surface area (Å²) in [5, 5.41) is 37.9. The van der Waals surface area contributed by atoms with E-state index in [9.17, 15) is 33.6 Å². The maximum absolute atomic E-state index is 13.0. The molecule has 1 saturated carbocycles. The number of amides is 9. The Morgan fingerprint density at radius 1 is 0.507 bits per heavy atom. The Bertz CT molecular complexity index is 2130. The number of hydrogen-bond donors (Lipinski definition) is 10. The molecule has 7 rings (SSSR count). The molecule has 0 atom stereocenters. The van der Waals surface area contributed by atoms with Gasteiger partial charge in [-0.05, 0) is 73.9 Å². The van der Waals surface area contributed by atoms with E-state index in [-0.39, 0.29) is 73.0 Å². The Hall–Kier alpha value is -7.77. The minimum Gasteiger partial charge on any atom is -0.465 e. The lowest BCUT2D eigenvalue weighted by molar-refractivity contribution is -0.138. The van der Waals surface area contributed by atoms with Crippen LogP contribution in [-0.2, 0) is 32.2 Å². The van der Waals surface area contributed by atoms with Crippen LogP contribution in [0.3, 0.4) is 0 Å². The SMILES string of the molecule is N=C(N)Nc1ccc(CNC(=O)N2CCN(C(=O)O[C@H]3CCC[C@@H](OC(=O)N4CCN(C(=O)NCc5ccc(NC(=N)N)cc5)CC4)CCC3)CC2)cc1.O=C(O)N1CCN(C(=O)CCC(=O)N2CCNCC2)CC1. The zero-order valence-corrected chi connectivity index (χ0v) is 42.6. The van der Waals surface area contributed by atoms with Crippen molar-refractivity contribution in [1.29, 1.82) is 10.8 Å². The molecule has 12 N–H and O–H groups in total. The van der Waals surface area contributed by atoms with Crippen molar-refractivity contribution >= 4 is 65.5 Å². The normalized spacial score (nSPS) is 19.2. The van der Waals surface area contributed by atoms with E-state index in [1.54, 1.807) is 53.7 Å². The van der Waals surface area contributed by atoms with Crippen molar-refractivity contribution in [3.05, 3.63) is 59.7 Å². The van der Waals surface area contributed by atoms with Gasteiger partial charge in [0, 0.05) is 142 Å². The number of rotatable bonds is 11. The van der Waals surface area contributed by atoms with Gasteiger partial charge in [0.15, 0.2) is 11.9 Å². The zero-order valence-electron chi connectivity index (χ0n) is 42.6. The van der Waals surface area contributed by atoms with Gasteiger partial charge >= 0.3 is 30.3 Å². The molecule has 1 aliphatic carbocycles. The summed E-state index contributed by atoms with van der Waals surface area (Å²) in [6.45, 7) is 8.36. The fourth-order valence-corrected chi connectivity index (χ4v) is 9.18. The van der Waals surface area contributed by atoms with Crippen LogP contribution in [0.1, 0.15) is 62.5 Å². The van der Waals surface area contributed by atoms with Gasteiger partial charge in [-0.25, -0.2) is 24.0 Å². The topological polar surface area (TPSA) is 341 Å². The molecular formula is C49H74N16O10. The number of carbonyl (C=O) groups excluding carboxylic acids is 6. The first-order chi connectivity index (χ1) is 36.1. The molecule has 9 amide bonds. The number of hydrogen-bond acceptors (Lipinski definition) is 12. The van der Waals surface area contributed by atoms with Gasteiger partial charge in [0.05, 0.1) is 0 Å². The smallest absolute Gasteiger partial charge is 0.410 e. The first-order valence-electron chi connectivity index (χ1n) is 25.7. The van der Waals surface area contributed by atoms with Gasteiger partial charge in [-0.1, -0.05) is 24.3 Å². The van der Waals surface area contributed by atoms with Crippen LogP contribution < -0.4 is 38.1 Å². The second-order valence-corrected chi connectivity index (χ2v) is 18.9. The summed E-state index contributed by atoms with van der Waals surface area (Å²) in [4.78, 5) is 97.6. The number of ether oxygens (including phenoxy) is 2. The van der Waals surface area contributed by atoms with E-state index in [0.29, 0.717) is 142 Å². The third-order valence-electron chi connectivity index (χ3n) is 13.6. The summed E-state index contributed by atoms with van der Waals surface area (Å²) in [6, 6.07) is 14.1. The van der Waals surface area contributed by atoms with Crippen molar-refractivity contribution < 1.29 is 48.1 Å². The summed E-state index contributed by atoms with van der Waals surface area (Å²) < 4.78 is 11.8. The van der Waals surface area contributed by atoms with Crippen LogP contribution >= 0.6 is 0 Å². The maximum atomic E-state index is 13.0. The second-order valence-electron chi connectivity index (χ2n) is 18.9. The van der Waals surface area contributed by atoms with Gasteiger partial charge in [-0.15, -0.1) is 0 Å². The molecule has 0 radical (unpaired) electrons. The van der Waals surface area contributed by atoms with E-state index in [2.05, 4.69) is 26.6 Å². The van der Waals surface area contributed by atoms with E-state index in [1.807, 2.05) is 24.3 Å². The van der Waals surface area contributed by atoms with Crippen LogP contribution in [0.15, 0.2) is 48.5 Å². The summed E-state index contributed by atoms with van der Waals surface area (Å²) in [5.41, 5.74) is 13.9. The van der Waals surface area contributed by atoms with Crippen molar-refractivity contribution in [3.8, 4) is 0 Å². The minimum atomic E-state index is -0.948. The van der Waals surface area contributed by atoms with Crippen molar-refractivity contribution in [2.75, 3.05) is 115 Å². The van der Waals surface area contributed by atoms with E-state index in [0.717, 1.165) is 37.1 Å². The van der Waals surface area contributed by atoms with Gasteiger partial charge in [-0.3, -0.25) is 20.4 Å². The van der Waals surface area contributed by atoms with E-state index < -0.39 is 6.09 Å². The molecule has 26 heteroatoms. The summed E-state index contributed by atoms with van der Waals surface area (Å²) in [7, 11) is 0. The molecule has 26 nitrogen and oxygen atoms in total. The third-order valence-corrected chi connectivity index (χ3v) is 13.6. The number of nitrogens with one attached hydrogen (secondary N) is 7. The average Bonchev–Trinajstić information content (AvgIpc) is 3.41. The van der Waals surface area contributed by atoms with Crippen LogP contribution in [0.5, 0.6) is 0 Å². The lowest BCUT2D eigenvalue weighted by Crippen LogP contribution is -2.53. The molecule has 0 bridgehead atoms. The van der Waals surface area contributed by atoms with Crippen LogP contribution in [0.4, 0.5) is 35.3 Å². The highest BCUT2D eigenvalue weighted by atomic mass is 16.6. The molecule has 5 fully saturated rings. The molecule has 4 saturated heterocycles. The fraction of sp³-hybridized carbons (Fsp3) is 0.571. The molecule has 0 aromatic heterocycles. The van der Waals surface area contributed by atoms with Crippen LogP contribution in [0, 0.1) is 10.8 Å². The Balaban J connectivity index is 0.000000362. The zero-order chi connectivity index (χ0) is 53.7. The first-order valence-corrected chi connectivity index (χ1v) is 25.7. The number of nitrogens with zero attached hydrogens (tertiary/aromatic N) is 7. The highest BCUT2D eigenvalue weighted by Crippen LogP contribution is 2.24. The van der Waals surface area contributed by atoms with Gasteiger partial charge in [0.25, 0.3) is 0 Å².